The van der Waals surface area contributed by atoms with Crippen molar-refractivity contribution in [2.24, 2.45) is 0 Å². The molecule has 1 aromatic carbocycles. The van der Waals surface area contributed by atoms with Gasteiger partial charge in [0.25, 0.3) is 0 Å². The predicted octanol–water partition coefficient (Wildman–Crippen LogP) is 4.38. The summed E-state index contributed by atoms with van der Waals surface area (Å²) in [7, 11) is 0. The Morgan fingerprint density at radius 2 is 1.76 bits per heavy atom. The van der Waals surface area contributed by atoms with Gasteiger partial charge in [-0.3, -0.25) is 0 Å². The predicted molar refractivity (Wildman–Crippen MR) is 86.5 cm³/mol. The summed E-state index contributed by atoms with van der Waals surface area (Å²) in [4.78, 5) is 11.4. The van der Waals surface area contributed by atoms with Crippen LogP contribution in [-0.4, -0.2) is 20.9 Å². The highest BCUT2D eigenvalue weighted by Gasteiger charge is 2.24. The van der Waals surface area contributed by atoms with E-state index in [1.807, 2.05) is 27.7 Å². The van der Waals surface area contributed by atoms with E-state index in [0.717, 1.165) is 22.5 Å². The third-order valence-corrected chi connectivity index (χ3v) is 4.24. The van der Waals surface area contributed by atoms with Gasteiger partial charge in [-0.1, -0.05) is 31.5 Å². The van der Waals surface area contributed by atoms with Crippen molar-refractivity contribution < 1.29 is 9.90 Å². The van der Waals surface area contributed by atoms with E-state index in [1.165, 1.54) is 5.56 Å². The molecule has 112 valence electrons. The third kappa shape index (κ3) is 2.75. The van der Waals surface area contributed by atoms with Gasteiger partial charge in [0.05, 0.1) is 15.9 Å². The number of rotatable bonds is 3. The van der Waals surface area contributed by atoms with Crippen molar-refractivity contribution in [2.45, 2.75) is 40.5 Å². The van der Waals surface area contributed by atoms with Gasteiger partial charge in [-0.2, -0.15) is 5.10 Å². The Morgan fingerprint density at radius 3 is 2.19 bits per heavy atom. The standard InChI is InChI=1S/C16H19BrN2O2/c1-8(2)14-12(17)13(16(20)21)18-19(14)15-10(4)6-9(3)7-11(15)5/h6-8H,1-5H3,(H,20,21). The number of carboxylic acid groups (broad SMARTS) is 1. The fourth-order valence-electron chi connectivity index (χ4n) is 2.72. The third-order valence-electron chi connectivity index (χ3n) is 3.46. The minimum atomic E-state index is -1.02. The zero-order valence-electron chi connectivity index (χ0n) is 12.9. The van der Waals surface area contributed by atoms with E-state index < -0.39 is 5.97 Å². The van der Waals surface area contributed by atoms with Gasteiger partial charge in [0, 0.05) is 0 Å². The largest absolute Gasteiger partial charge is 0.476 e. The summed E-state index contributed by atoms with van der Waals surface area (Å²) in [5.41, 5.74) is 5.24. The fraction of sp³-hybridized carbons (Fsp3) is 0.375. The first kappa shape index (κ1) is 15.8. The van der Waals surface area contributed by atoms with Gasteiger partial charge in [0.2, 0.25) is 0 Å². The zero-order chi connectivity index (χ0) is 15.9. The second-order valence-electron chi connectivity index (χ2n) is 5.67. The van der Waals surface area contributed by atoms with E-state index >= 15 is 0 Å². The number of hydrogen-bond donors (Lipinski definition) is 1. The summed E-state index contributed by atoms with van der Waals surface area (Å²) >= 11 is 3.40. The van der Waals surface area contributed by atoms with Crippen molar-refractivity contribution in [3.05, 3.63) is 44.7 Å². The number of halogens is 1. The molecule has 0 spiro atoms. The van der Waals surface area contributed by atoms with Gasteiger partial charge in [-0.05, 0) is 53.7 Å². The first-order valence-corrected chi connectivity index (χ1v) is 7.63. The highest BCUT2D eigenvalue weighted by atomic mass is 79.9. The Balaban J connectivity index is 2.81. The SMILES string of the molecule is Cc1cc(C)c(-n2nc(C(=O)O)c(Br)c2C(C)C)c(C)c1. The quantitative estimate of drug-likeness (QED) is 0.893. The Kier molecular flexibility index (Phi) is 4.23. The molecule has 1 heterocycles. The number of carboxylic acids is 1. The monoisotopic (exact) mass is 350 g/mol. The van der Waals surface area contributed by atoms with Crippen molar-refractivity contribution in [1.82, 2.24) is 9.78 Å². The molecule has 2 rings (SSSR count). The number of nitrogens with zero attached hydrogens (tertiary/aromatic N) is 2. The molecule has 0 aliphatic carbocycles. The maximum absolute atomic E-state index is 11.4. The Labute approximate surface area is 132 Å². The van der Waals surface area contributed by atoms with E-state index in [-0.39, 0.29) is 11.6 Å². The first-order chi connectivity index (χ1) is 9.73. The van der Waals surface area contributed by atoms with E-state index in [4.69, 9.17) is 0 Å². The number of aromatic carboxylic acids is 1. The van der Waals surface area contributed by atoms with Crippen LogP contribution in [0.4, 0.5) is 0 Å². The van der Waals surface area contributed by atoms with Crippen LogP contribution in [0.15, 0.2) is 16.6 Å². The summed E-state index contributed by atoms with van der Waals surface area (Å²) < 4.78 is 2.33. The number of hydrogen-bond acceptors (Lipinski definition) is 2. The molecule has 0 atom stereocenters. The molecular weight excluding hydrogens is 332 g/mol. The van der Waals surface area contributed by atoms with Crippen LogP contribution in [0.3, 0.4) is 0 Å². The molecule has 0 aliphatic heterocycles. The van der Waals surface area contributed by atoms with Crippen LogP contribution in [-0.2, 0) is 0 Å². The molecule has 0 fully saturated rings. The van der Waals surface area contributed by atoms with E-state index in [9.17, 15) is 9.90 Å². The van der Waals surface area contributed by atoms with Gasteiger partial charge < -0.3 is 5.11 Å². The van der Waals surface area contributed by atoms with Gasteiger partial charge in [0.1, 0.15) is 0 Å². The lowest BCUT2D eigenvalue weighted by Gasteiger charge is -2.16. The molecule has 1 aromatic heterocycles. The first-order valence-electron chi connectivity index (χ1n) is 6.84. The number of aromatic nitrogens is 2. The highest BCUT2D eigenvalue weighted by Crippen LogP contribution is 2.32. The van der Waals surface area contributed by atoms with E-state index in [2.05, 4.69) is 40.1 Å². The molecule has 21 heavy (non-hydrogen) atoms. The van der Waals surface area contributed by atoms with Crippen LogP contribution in [0, 0.1) is 20.8 Å². The second-order valence-corrected chi connectivity index (χ2v) is 6.46. The summed E-state index contributed by atoms with van der Waals surface area (Å²) in [6.45, 7) is 10.2. The molecule has 0 unspecified atom stereocenters. The molecule has 0 saturated carbocycles. The van der Waals surface area contributed by atoms with Crippen molar-refractivity contribution in [3.8, 4) is 5.69 Å². The molecule has 2 aromatic rings. The molecule has 4 nitrogen and oxygen atoms in total. The molecule has 0 radical (unpaired) electrons. The molecule has 1 N–H and O–H groups in total. The number of carbonyl (C=O) groups is 1. The lowest BCUT2D eigenvalue weighted by Crippen LogP contribution is -2.08. The fourth-order valence-corrected chi connectivity index (χ4v) is 3.60. The maximum Gasteiger partial charge on any atom is 0.357 e. The second kappa shape index (κ2) is 5.64. The average molecular weight is 351 g/mol. The molecule has 5 heteroatoms. The van der Waals surface area contributed by atoms with Crippen LogP contribution < -0.4 is 0 Å². The van der Waals surface area contributed by atoms with Gasteiger partial charge in [-0.15, -0.1) is 0 Å². The van der Waals surface area contributed by atoms with Crippen molar-refractivity contribution >= 4 is 21.9 Å². The summed E-state index contributed by atoms with van der Waals surface area (Å²) in [6, 6.07) is 4.17. The molecule has 0 bridgehead atoms. The van der Waals surface area contributed by atoms with Crippen molar-refractivity contribution in [3.63, 3.8) is 0 Å². The van der Waals surface area contributed by atoms with Crippen LogP contribution in [0.5, 0.6) is 0 Å². The Hall–Kier alpha value is -1.62. The average Bonchev–Trinajstić information content (AvgIpc) is 2.65. The van der Waals surface area contributed by atoms with Gasteiger partial charge >= 0.3 is 5.97 Å². The lowest BCUT2D eigenvalue weighted by molar-refractivity contribution is 0.0689. The molecule has 0 amide bonds. The Morgan fingerprint density at radius 1 is 1.24 bits per heavy atom. The van der Waals surface area contributed by atoms with E-state index in [1.54, 1.807) is 4.68 Å². The summed E-state index contributed by atoms with van der Waals surface area (Å²) in [5, 5.41) is 13.6. The van der Waals surface area contributed by atoms with Crippen LogP contribution in [0.1, 0.15) is 52.6 Å². The summed E-state index contributed by atoms with van der Waals surface area (Å²) in [6.07, 6.45) is 0. The smallest absolute Gasteiger partial charge is 0.357 e. The topological polar surface area (TPSA) is 55.1 Å². The molecular formula is C16H19BrN2O2. The normalized spacial score (nSPS) is 11.2. The molecule has 0 saturated heterocycles. The van der Waals surface area contributed by atoms with Crippen LogP contribution in [0.2, 0.25) is 0 Å². The number of aryl methyl sites for hydroxylation is 3. The zero-order valence-corrected chi connectivity index (χ0v) is 14.4. The maximum atomic E-state index is 11.4. The Bertz CT molecular complexity index is 694. The van der Waals surface area contributed by atoms with Crippen molar-refractivity contribution in [2.75, 3.05) is 0 Å². The van der Waals surface area contributed by atoms with Gasteiger partial charge in [0.15, 0.2) is 5.69 Å². The minimum absolute atomic E-state index is 0.0538. The highest BCUT2D eigenvalue weighted by molar-refractivity contribution is 9.10. The number of benzene rings is 1. The summed E-state index contributed by atoms with van der Waals surface area (Å²) in [5.74, 6) is -0.870. The van der Waals surface area contributed by atoms with E-state index in [0.29, 0.717) is 4.47 Å². The van der Waals surface area contributed by atoms with Crippen LogP contribution in [0.25, 0.3) is 5.69 Å². The van der Waals surface area contributed by atoms with Crippen LogP contribution >= 0.6 is 15.9 Å². The minimum Gasteiger partial charge on any atom is -0.476 e. The van der Waals surface area contributed by atoms with Gasteiger partial charge in [-0.25, -0.2) is 9.48 Å². The molecule has 0 aliphatic rings. The van der Waals surface area contributed by atoms with Crippen molar-refractivity contribution in [1.29, 1.82) is 0 Å². The lowest BCUT2D eigenvalue weighted by atomic mass is 10.0.